The molecule has 0 radical (unpaired) electrons. The number of hydrogen-bond acceptors (Lipinski definition) is 4. The number of halogens is 1. The fraction of sp³-hybridized carbons (Fsp3) is 0.0714. The Morgan fingerprint density at radius 1 is 1.26 bits per heavy atom. The van der Waals surface area contributed by atoms with Crippen molar-refractivity contribution >= 4 is 38.9 Å². The zero-order valence-corrected chi connectivity index (χ0v) is 11.4. The lowest BCUT2D eigenvalue weighted by atomic mass is 10.1. The highest BCUT2D eigenvalue weighted by Gasteiger charge is 2.13. The molecule has 0 aliphatic rings. The van der Waals surface area contributed by atoms with E-state index in [4.69, 9.17) is 11.6 Å². The molecule has 3 aromatic rings. The topological polar surface area (TPSA) is 42.9 Å². The summed E-state index contributed by atoms with van der Waals surface area (Å²) in [6.45, 7) is 0. The van der Waals surface area contributed by atoms with Gasteiger partial charge in [0.1, 0.15) is 5.01 Å². The number of Topliss-reactive ketones (excluding diaryl/α,β-unsaturated/α-hetero) is 1. The van der Waals surface area contributed by atoms with Crippen molar-refractivity contribution in [3.8, 4) is 0 Å². The first-order chi connectivity index (χ1) is 9.24. The van der Waals surface area contributed by atoms with E-state index in [9.17, 15) is 4.79 Å². The Labute approximate surface area is 118 Å². The van der Waals surface area contributed by atoms with Crippen molar-refractivity contribution in [1.82, 2.24) is 9.97 Å². The number of carbonyl (C=O) groups excluding carboxylic acids is 1. The van der Waals surface area contributed by atoms with E-state index in [0.29, 0.717) is 10.6 Å². The van der Waals surface area contributed by atoms with Crippen LogP contribution >= 0.6 is 22.9 Å². The van der Waals surface area contributed by atoms with Gasteiger partial charge in [-0.05, 0) is 18.2 Å². The van der Waals surface area contributed by atoms with Crippen LogP contribution in [0, 0.1) is 0 Å². The lowest BCUT2D eigenvalue weighted by molar-refractivity contribution is 0.0993. The summed E-state index contributed by atoms with van der Waals surface area (Å²) in [5, 5.41) is 1.19. The fourth-order valence-electron chi connectivity index (χ4n) is 1.83. The van der Waals surface area contributed by atoms with Gasteiger partial charge in [-0.15, -0.1) is 11.3 Å². The van der Waals surface area contributed by atoms with Crippen molar-refractivity contribution < 1.29 is 4.79 Å². The summed E-state index contributed by atoms with van der Waals surface area (Å²) < 4.78 is 1.09. The number of hydrogen-bond donors (Lipinski definition) is 0. The summed E-state index contributed by atoms with van der Waals surface area (Å²) in [4.78, 5) is 20.5. The van der Waals surface area contributed by atoms with Gasteiger partial charge in [0.2, 0.25) is 0 Å². The number of para-hydroxylation sites is 1. The maximum Gasteiger partial charge on any atom is 0.171 e. The molecule has 1 aromatic carbocycles. The van der Waals surface area contributed by atoms with E-state index in [1.807, 2.05) is 24.3 Å². The minimum absolute atomic E-state index is 0.0357. The molecule has 3 nitrogen and oxygen atoms in total. The van der Waals surface area contributed by atoms with Gasteiger partial charge in [0.15, 0.2) is 5.78 Å². The van der Waals surface area contributed by atoms with Crippen molar-refractivity contribution in [3.05, 3.63) is 58.3 Å². The van der Waals surface area contributed by atoms with Crippen LogP contribution in [0.25, 0.3) is 10.2 Å². The lowest BCUT2D eigenvalue weighted by Crippen LogP contribution is -2.04. The van der Waals surface area contributed by atoms with Crippen molar-refractivity contribution in [1.29, 1.82) is 0 Å². The third kappa shape index (κ3) is 2.50. The molecule has 0 bridgehead atoms. The third-order valence-corrected chi connectivity index (χ3v) is 4.06. The summed E-state index contributed by atoms with van der Waals surface area (Å²) in [6.07, 6.45) is 3.31. The van der Waals surface area contributed by atoms with Crippen LogP contribution in [0.3, 0.4) is 0 Å². The van der Waals surface area contributed by atoms with Crippen molar-refractivity contribution in [3.63, 3.8) is 0 Å². The minimum Gasteiger partial charge on any atom is -0.294 e. The van der Waals surface area contributed by atoms with Crippen LogP contribution in [0.1, 0.15) is 15.4 Å². The van der Waals surface area contributed by atoms with Crippen LogP contribution in [0.5, 0.6) is 0 Å². The molecular formula is C14H9ClN2OS. The Morgan fingerprint density at radius 2 is 2.11 bits per heavy atom. The van der Waals surface area contributed by atoms with Gasteiger partial charge in [0, 0.05) is 18.0 Å². The monoisotopic (exact) mass is 288 g/mol. The molecule has 94 valence electrons. The van der Waals surface area contributed by atoms with Crippen LogP contribution < -0.4 is 0 Å². The fourth-order valence-corrected chi connectivity index (χ4v) is 3.02. The van der Waals surface area contributed by atoms with Gasteiger partial charge >= 0.3 is 0 Å². The third-order valence-electron chi connectivity index (χ3n) is 2.72. The predicted octanol–water partition coefficient (Wildman–Crippen LogP) is 3.77. The number of benzene rings is 1. The largest absolute Gasteiger partial charge is 0.294 e. The Kier molecular flexibility index (Phi) is 3.27. The molecule has 0 aliphatic heterocycles. The molecular weight excluding hydrogens is 280 g/mol. The van der Waals surface area contributed by atoms with E-state index in [1.165, 1.54) is 17.5 Å². The maximum atomic E-state index is 12.2. The Hall–Kier alpha value is -1.78. The van der Waals surface area contributed by atoms with E-state index in [0.717, 1.165) is 15.2 Å². The number of ketones is 1. The van der Waals surface area contributed by atoms with Gasteiger partial charge in [-0.25, -0.2) is 4.98 Å². The highest BCUT2D eigenvalue weighted by molar-refractivity contribution is 7.18. The average molecular weight is 289 g/mol. The lowest BCUT2D eigenvalue weighted by Gasteiger charge is -2.00. The molecule has 0 unspecified atom stereocenters. The number of aromatic nitrogens is 2. The molecule has 2 aromatic heterocycles. The second-order valence-electron chi connectivity index (χ2n) is 4.03. The molecule has 0 N–H and O–H groups in total. The molecule has 2 heterocycles. The first kappa shape index (κ1) is 12.3. The van der Waals surface area contributed by atoms with Crippen LogP contribution in [0.15, 0.2) is 42.7 Å². The van der Waals surface area contributed by atoms with E-state index < -0.39 is 0 Å². The molecule has 0 saturated heterocycles. The molecule has 5 heteroatoms. The second-order valence-corrected chi connectivity index (χ2v) is 5.55. The van der Waals surface area contributed by atoms with Crippen LogP contribution in [-0.2, 0) is 6.42 Å². The second kappa shape index (κ2) is 5.07. The number of rotatable bonds is 3. The van der Waals surface area contributed by atoms with Crippen molar-refractivity contribution in [2.45, 2.75) is 6.42 Å². The Balaban J connectivity index is 1.89. The number of nitrogens with zero attached hydrogens (tertiary/aromatic N) is 2. The molecule has 0 atom stereocenters. The van der Waals surface area contributed by atoms with Gasteiger partial charge in [-0.2, -0.15) is 0 Å². The molecule has 0 saturated carbocycles. The predicted molar refractivity (Wildman–Crippen MR) is 76.9 cm³/mol. The van der Waals surface area contributed by atoms with Crippen LogP contribution in [0.4, 0.5) is 0 Å². The number of thiazole rings is 1. The number of pyridine rings is 1. The number of carbonyl (C=O) groups is 1. The molecule has 19 heavy (non-hydrogen) atoms. The van der Waals surface area contributed by atoms with Crippen LogP contribution in [-0.4, -0.2) is 15.8 Å². The van der Waals surface area contributed by atoms with E-state index in [1.54, 1.807) is 12.3 Å². The van der Waals surface area contributed by atoms with Gasteiger partial charge in [0.25, 0.3) is 0 Å². The summed E-state index contributed by atoms with van der Waals surface area (Å²) in [5.41, 5.74) is 1.42. The minimum atomic E-state index is -0.0357. The summed E-state index contributed by atoms with van der Waals surface area (Å²) >= 11 is 7.50. The Morgan fingerprint density at radius 3 is 2.89 bits per heavy atom. The molecule has 3 rings (SSSR count). The van der Waals surface area contributed by atoms with E-state index in [-0.39, 0.29) is 12.2 Å². The van der Waals surface area contributed by atoms with Gasteiger partial charge in [0.05, 0.1) is 21.7 Å². The van der Waals surface area contributed by atoms with E-state index >= 15 is 0 Å². The van der Waals surface area contributed by atoms with Crippen molar-refractivity contribution in [2.24, 2.45) is 0 Å². The molecule has 0 spiro atoms. The SMILES string of the molecule is O=C(Cc1nc2ccccc2s1)c1ccncc1Cl. The Bertz CT molecular complexity index is 721. The number of fused-ring (bicyclic) bond motifs is 1. The average Bonchev–Trinajstić information content (AvgIpc) is 2.81. The zero-order valence-electron chi connectivity index (χ0n) is 9.84. The van der Waals surface area contributed by atoms with Gasteiger partial charge < -0.3 is 0 Å². The molecule has 0 aliphatic carbocycles. The van der Waals surface area contributed by atoms with Gasteiger partial charge in [-0.3, -0.25) is 9.78 Å². The first-order valence-corrected chi connectivity index (χ1v) is 6.90. The molecule has 0 fully saturated rings. The zero-order chi connectivity index (χ0) is 13.2. The van der Waals surface area contributed by atoms with Crippen molar-refractivity contribution in [2.75, 3.05) is 0 Å². The quantitative estimate of drug-likeness (QED) is 0.689. The highest BCUT2D eigenvalue weighted by atomic mass is 35.5. The summed E-state index contributed by atoms with van der Waals surface area (Å²) in [5.74, 6) is -0.0357. The summed E-state index contributed by atoms with van der Waals surface area (Å²) in [7, 11) is 0. The summed E-state index contributed by atoms with van der Waals surface area (Å²) in [6, 6.07) is 9.48. The highest BCUT2D eigenvalue weighted by Crippen LogP contribution is 2.23. The smallest absolute Gasteiger partial charge is 0.171 e. The first-order valence-electron chi connectivity index (χ1n) is 5.71. The standard InChI is InChI=1S/C14H9ClN2OS/c15-10-8-16-6-5-9(10)12(18)7-14-17-11-3-1-2-4-13(11)19-14/h1-6,8H,7H2. The van der Waals surface area contributed by atoms with E-state index in [2.05, 4.69) is 9.97 Å². The normalized spacial score (nSPS) is 10.8. The maximum absolute atomic E-state index is 12.2. The van der Waals surface area contributed by atoms with Crippen LogP contribution in [0.2, 0.25) is 5.02 Å². The molecule has 0 amide bonds. The van der Waals surface area contributed by atoms with Gasteiger partial charge in [-0.1, -0.05) is 23.7 Å².